The predicted molar refractivity (Wildman–Crippen MR) is 34.3 cm³/mol. The molecular weight excluding hydrogens is 112 g/mol. The number of hydrogen-bond acceptors (Lipinski definition) is 1. The van der Waals surface area contributed by atoms with Gasteiger partial charge in [0.2, 0.25) is 0 Å². The maximum atomic E-state index is 4.98. The standard InChI is InChI=1S/C8H7O/c1-2-7-4-5-9-6-8(7)3-1/h4-6H,1,3H2. The molecule has 0 spiro atoms. The van der Waals surface area contributed by atoms with Crippen molar-refractivity contribution in [3.63, 3.8) is 0 Å². The highest BCUT2D eigenvalue weighted by Crippen LogP contribution is 2.27. The van der Waals surface area contributed by atoms with Crippen LogP contribution < -0.4 is 0 Å². The van der Waals surface area contributed by atoms with Gasteiger partial charge in [-0.05, 0) is 36.1 Å². The summed E-state index contributed by atoms with van der Waals surface area (Å²) in [7, 11) is 0. The molecule has 0 atom stereocenters. The van der Waals surface area contributed by atoms with Crippen LogP contribution in [-0.2, 0) is 4.74 Å². The van der Waals surface area contributed by atoms with Gasteiger partial charge in [-0.15, -0.1) is 0 Å². The monoisotopic (exact) mass is 119 g/mol. The summed E-state index contributed by atoms with van der Waals surface area (Å²) < 4.78 is 4.98. The summed E-state index contributed by atoms with van der Waals surface area (Å²) in [5, 5.41) is 0. The summed E-state index contributed by atoms with van der Waals surface area (Å²) in [5.41, 5.74) is 2.51. The normalized spacial score (nSPS) is 22.2. The average Bonchev–Trinajstić information content (AvgIpc) is 2.33. The van der Waals surface area contributed by atoms with Gasteiger partial charge in [0.1, 0.15) is 0 Å². The third-order valence-electron chi connectivity index (χ3n) is 1.58. The van der Waals surface area contributed by atoms with Gasteiger partial charge in [0.05, 0.1) is 12.5 Å². The van der Waals surface area contributed by atoms with Gasteiger partial charge in [-0.2, -0.15) is 0 Å². The van der Waals surface area contributed by atoms with Gasteiger partial charge in [-0.25, -0.2) is 0 Å². The Morgan fingerprint density at radius 1 is 1.56 bits per heavy atom. The van der Waals surface area contributed by atoms with E-state index in [4.69, 9.17) is 4.74 Å². The minimum absolute atomic E-state index is 1.05. The maximum absolute atomic E-state index is 4.98. The van der Waals surface area contributed by atoms with Crippen LogP contribution in [0.15, 0.2) is 29.7 Å². The van der Waals surface area contributed by atoms with Crippen molar-refractivity contribution in [1.82, 2.24) is 0 Å². The lowest BCUT2D eigenvalue weighted by Crippen LogP contribution is -1.85. The zero-order valence-electron chi connectivity index (χ0n) is 5.05. The molecule has 1 heteroatoms. The van der Waals surface area contributed by atoms with Crippen LogP contribution in [0.2, 0.25) is 0 Å². The minimum Gasteiger partial charge on any atom is -0.472 e. The fourth-order valence-electron chi connectivity index (χ4n) is 1.10. The highest BCUT2D eigenvalue weighted by molar-refractivity contribution is 5.41. The third kappa shape index (κ3) is 0.689. The molecule has 0 saturated heterocycles. The molecule has 0 aromatic rings. The summed E-state index contributed by atoms with van der Waals surface area (Å²) in [6, 6.07) is 0. The van der Waals surface area contributed by atoms with Gasteiger partial charge in [0.15, 0.2) is 0 Å². The first-order valence-corrected chi connectivity index (χ1v) is 3.09. The molecule has 0 N–H and O–H groups in total. The van der Waals surface area contributed by atoms with Crippen molar-refractivity contribution in [2.75, 3.05) is 0 Å². The van der Waals surface area contributed by atoms with E-state index in [2.05, 4.69) is 6.08 Å². The summed E-state index contributed by atoms with van der Waals surface area (Å²) >= 11 is 0. The summed E-state index contributed by atoms with van der Waals surface area (Å²) in [6.07, 6.45) is 10.8. The van der Waals surface area contributed by atoms with Crippen molar-refractivity contribution >= 4 is 0 Å². The Morgan fingerprint density at radius 3 is 3.44 bits per heavy atom. The molecule has 1 aliphatic heterocycles. The number of hydrogen-bond donors (Lipinski definition) is 0. The topological polar surface area (TPSA) is 9.23 Å². The molecule has 1 aliphatic carbocycles. The molecule has 0 unspecified atom stereocenters. The SMILES string of the molecule is [C]1=C2C=COC=C2CC1. The highest BCUT2D eigenvalue weighted by atomic mass is 16.5. The molecule has 45 valence electrons. The van der Waals surface area contributed by atoms with Gasteiger partial charge in [-0.3, -0.25) is 0 Å². The van der Waals surface area contributed by atoms with E-state index >= 15 is 0 Å². The molecule has 0 saturated carbocycles. The van der Waals surface area contributed by atoms with Crippen molar-refractivity contribution in [3.05, 3.63) is 35.8 Å². The average molecular weight is 119 g/mol. The first-order valence-electron chi connectivity index (χ1n) is 3.09. The van der Waals surface area contributed by atoms with Gasteiger partial charge in [-0.1, -0.05) is 0 Å². The Kier molecular flexibility index (Phi) is 0.950. The lowest BCUT2D eigenvalue weighted by atomic mass is 10.1. The van der Waals surface area contributed by atoms with Crippen LogP contribution in [0.25, 0.3) is 0 Å². The second kappa shape index (κ2) is 1.76. The fraction of sp³-hybridized carbons (Fsp3) is 0.250. The maximum Gasteiger partial charge on any atom is 0.0939 e. The second-order valence-electron chi connectivity index (χ2n) is 2.17. The number of ether oxygens (including phenoxy) is 1. The Balaban J connectivity index is 2.37. The molecular formula is C8H7O. The van der Waals surface area contributed by atoms with E-state index in [0.717, 1.165) is 12.8 Å². The third-order valence-corrected chi connectivity index (χ3v) is 1.58. The molecule has 1 radical (unpaired) electrons. The summed E-state index contributed by atoms with van der Waals surface area (Å²) in [6.45, 7) is 0. The van der Waals surface area contributed by atoms with Crippen LogP contribution in [-0.4, -0.2) is 0 Å². The van der Waals surface area contributed by atoms with E-state index in [0.29, 0.717) is 0 Å². The Labute approximate surface area is 54.3 Å². The first kappa shape index (κ1) is 4.86. The van der Waals surface area contributed by atoms with Crippen LogP contribution in [0.4, 0.5) is 0 Å². The molecule has 2 rings (SSSR count). The predicted octanol–water partition coefficient (Wildman–Crippen LogP) is 1.94. The number of rotatable bonds is 0. The van der Waals surface area contributed by atoms with Gasteiger partial charge < -0.3 is 4.74 Å². The molecule has 0 bridgehead atoms. The molecule has 0 aromatic carbocycles. The van der Waals surface area contributed by atoms with Crippen LogP contribution in [0, 0.1) is 6.08 Å². The Morgan fingerprint density at radius 2 is 2.56 bits per heavy atom. The minimum atomic E-state index is 1.05. The highest BCUT2D eigenvalue weighted by Gasteiger charge is 2.11. The van der Waals surface area contributed by atoms with Gasteiger partial charge in [0, 0.05) is 0 Å². The van der Waals surface area contributed by atoms with Crippen molar-refractivity contribution in [2.24, 2.45) is 0 Å². The summed E-state index contributed by atoms with van der Waals surface area (Å²) in [4.78, 5) is 0. The number of fused-ring (bicyclic) bond motifs is 1. The molecule has 1 heterocycles. The van der Waals surface area contributed by atoms with E-state index < -0.39 is 0 Å². The van der Waals surface area contributed by atoms with E-state index in [1.54, 1.807) is 12.5 Å². The molecule has 0 fully saturated rings. The number of allylic oxidation sites excluding steroid dienone is 4. The van der Waals surface area contributed by atoms with Gasteiger partial charge >= 0.3 is 0 Å². The Hall–Kier alpha value is -0.980. The zero-order chi connectivity index (χ0) is 6.10. The smallest absolute Gasteiger partial charge is 0.0939 e. The molecule has 2 aliphatic rings. The quantitative estimate of drug-likeness (QED) is 0.473. The van der Waals surface area contributed by atoms with Crippen LogP contribution in [0.3, 0.4) is 0 Å². The molecule has 0 aromatic heterocycles. The molecule has 0 amide bonds. The van der Waals surface area contributed by atoms with Crippen LogP contribution in [0.5, 0.6) is 0 Å². The second-order valence-corrected chi connectivity index (χ2v) is 2.17. The fourth-order valence-corrected chi connectivity index (χ4v) is 1.10. The van der Waals surface area contributed by atoms with Crippen LogP contribution in [0.1, 0.15) is 12.8 Å². The Bertz CT molecular complexity index is 209. The van der Waals surface area contributed by atoms with Crippen molar-refractivity contribution < 1.29 is 4.74 Å². The summed E-state index contributed by atoms with van der Waals surface area (Å²) in [5.74, 6) is 0. The van der Waals surface area contributed by atoms with Crippen molar-refractivity contribution in [3.8, 4) is 0 Å². The zero-order valence-corrected chi connectivity index (χ0v) is 5.05. The molecule has 9 heavy (non-hydrogen) atoms. The van der Waals surface area contributed by atoms with Crippen LogP contribution >= 0.6 is 0 Å². The van der Waals surface area contributed by atoms with E-state index in [9.17, 15) is 0 Å². The van der Waals surface area contributed by atoms with Crippen molar-refractivity contribution in [2.45, 2.75) is 12.8 Å². The first-order chi connectivity index (χ1) is 4.47. The molecule has 1 nitrogen and oxygen atoms in total. The van der Waals surface area contributed by atoms with E-state index in [1.165, 1.54) is 11.1 Å². The lowest BCUT2D eigenvalue weighted by Gasteiger charge is -2.03. The lowest BCUT2D eigenvalue weighted by molar-refractivity contribution is 0.393. The van der Waals surface area contributed by atoms with Crippen molar-refractivity contribution in [1.29, 1.82) is 0 Å². The van der Waals surface area contributed by atoms with E-state index in [1.807, 2.05) is 6.08 Å². The van der Waals surface area contributed by atoms with E-state index in [-0.39, 0.29) is 0 Å². The van der Waals surface area contributed by atoms with Gasteiger partial charge in [0.25, 0.3) is 0 Å². The largest absolute Gasteiger partial charge is 0.472 e.